The molecule has 160 valence electrons. The summed E-state index contributed by atoms with van der Waals surface area (Å²) < 4.78 is 6.60. The van der Waals surface area contributed by atoms with Gasteiger partial charge in [-0.25, -0.2) is 0 Å². The van der Waals surface area contributed by atoms with Crippen molar-refractivity contribution >= 4 is 0 Å². The molecule has 0 aromatic carbocycles. The second-order valence-electron chi connectivity index (χ2n) is 12.8. The summed E-state index contributed by atoms with van der Waals surface area (Å²) in [4.78, 5) is 0. The third kappa shape index (κ3) is 2.66. The first-order valence-electron chi connectivity index (χ1n) is 13.0. The number of hydrogen-bond donors (Lipinski definition) is 0. The summed E-state index contributed by atoms with van der Waals surface area (Å²) in [5, 5.41) is 0. The van der Waals surface area contributed by atoms with Crippen LogP contribution in [0.4, 0.5) is 0 Å². The Kier molecular flexibility index (Phi) is 4.78. The van der Waals surface area contributed by atoms with Crippen LogP contribution in [0.3, 0.4) is 0 Å². The van der Waals surface area contributed by atoms with E-state index in [1.54, 1.807) is 0 Å². The Balaban J connectivity index is 1.33. The molecule has 9 atom stereocenters. The van der Waals surface area contributed by atoms with Gasteiger partial charge in [0.1, 0.15) is 5.60 Å². The van der Waals surface area contributed by atoms with Crippen LogP contribution in [0.1, 0.15) is 112 Å². The van der Waals surface area contributed by atoms with E-state index >= 15 is 0 Å². The van der Waals surface area contributed by atoms with Crippen LogP contribution in [-0.2, 0) is 4.74 Å². The van der Waals surface area contributed by atoms with Crippen LogP contribution in [0.25, 0.3) is 0 Å². The van der Waals surface area contributed by atoms with Crippen LogP contribution >= 0.6 is 0 Å². The molecule has 5 rings (SSSR count). The highest BCUT2D eigenvalue weighted by molar-refractivity contribution is 5.23. The van der Waals surface area contributed by atoms with Gasteiger partial charge in [0.2, 0.25) is 0 Å². The van der Waals surface area contributed by atoms with E-state index in [1.165, 1.54) is 77.0 Å². The number of fused-ring (bicyclic) bond motifs is 4. The van der Waals surface area contributed by atoms with E-state index in [9.17, 15) is 0 Å². The van der Waals surface area contributed by atoms with E-state index in [2.05, 4.69) is 34.6 Å². The Hall–Kier alpha value is -0.0400. The predicted molar refractivity (Wildman–Crippen MR) is 117 cm³/mol. The highest BCUT2D eigenvalue weighted by Gasteiger charge is 2.75. The SMILES string of the molecule is CC(C)CCCC(C)C1CCC2C3CC4OC45CCCCC5(C)C3CCC12C. The van der Waals surface area contributed by atoms with Gasteiger partial charge in [0, 0.05) is 5.41 Å². The molecular weight excluding hydrogens is 340 g/mol. The second-order valence-corrected chi connectivity index (χ2v) is 12.8. The van der Waals surface area contributed by atoms with E-state index in [0.717, 1.165) is 35.5 Å². The van der Waals surface area contributed by atoms with Gasteiger partial charge < -0.3 is 4.74 Å². The molecule has 0 aromatic rings. The van der Waals surface area contributed by atoms with E-state index in [1.807, 2.05) is 0 Å². The van der Waals surface area contributed by atoms with Crippen LogP contribution in [0.15, 0.2) is 0 Å². The fraction of sp³-hybridized carbons (Fsp3) is 1.00. The van der Waals surface area contributed by atoms with Gasteiger partial charge in [0.25, 0.3) is 0 Å². The standard InChI is InChI=1S/C27H46O/c1-18(2)9-8-10-19(3)21-11-12-22-20-17-24-27(28-24)15-7-6-14-26(27,5)23(20)13-16-25(21,22)4/h18-24H,6-17H2,1-5H3. The molecule has 9 unspecified atom stereocenters. The van der Waals surface area contributed by atoms with Gasteiger partial charge in [-0.05, 0) is 85.9 Å². The summed E-state index contributed by atoms with van der Waals surface area (Å²) in [6, 6.07) is 0. The molecule has 1 spiro atoms. The fourth-order valence-corrected chi connectivity index (χ4v) is 9.74. The zero-order valence-electron chi connectivity index (χ0n) is 19.4. The molecule has 0 amide bonds. The molecule has 0 radical (unpaired) electrons. The van der Waals surface area contributed by atoms with Crippen molar-refractivity contribution in [2.75, 3.05) is 0 Å². The summed E-state index contributed by atoms with van der Waals surface area (Å²) in [5.74, 6) is 5.69. The molecule has 1 nitrogen and oxygen atoms in total. The maximum absolute atomic E-state index is 6.60. The first kappa shape index (κ1) is 19.9. The topological polar surface area (TPSA) is 12.5 Å². The third-order valence-electron chi connectivity index (χ3n) is 11.2. The Morgan fingerprint density at radius 1 is 0.893 bits per heavy atom. The number of ether oxygens (including phenoxy) is 1. The molecule has 4 aliphatic carbocycles. The average Bonchev–Trinajstić information content (AvgIpc) is 3.23. The first-order valence-corrected chi connectivity index (χ1v) is 13.0. The van der Waals surface area contributed by atoms with Gasteiger partial charge in [-0.2, -0.15) is 0 Å². The summed E-state index contributed by atoms with van der Waals surface area (Å²) >= 11 is 0. The molecule has 28 heavy (non-hydrogen) atoms. The zero-order chi connectivity index (χ0) is 19.7. The quantitative estimate of drug-likeness (QED) is 0.442. The Morgan fingerprint density at radius 2 is 1.68 bits per heavy atom. The molecule has 0 bridgehead atoms. The lowest BCUT2D eigenvalue weighted by Crippen LogP contribution is -2.57. The van der Waals surface area contributed by atoms with Crippen molar-refractivity contribution in [2.45, 2.75) is 123 Å². The van der Waals surface area contributed by atoms with Crippen molar-refractivity contribution < 1.29 is 4.74 Å². The smallest absolute Gasteiger partial charge is 0.100 e. The van der Waals surface area contributed by atoms with E-state index in [0.29, 0.717) is 22.5 Å². The minimum absolute atomic E-state index is 0.322. The molecule has 5 fully saturated rings. The lowest BCUT2D eigenvalue weighted by molar-refractivity contribution is -0.100. The van der Waals surface area contributed by atoms with Crippen LogP contribution < -0.4 is 0 Å². The molecule has 1 heteroatoms. The zero-order valence-corrected chi connectivity index (χ0v) is 19.4. The van der Waals surface area contributed by atoms with Crippen LogP contribution in [0, 0.1) is 46.3 Å². The fourth-order valence-electron chi connectivity index (χ4n) is 9.74. The Bertz CT molecular complexity index is 597. The number of epoxide rings is 1. The van der Waals surface area contributed by atoms with Crippen molar-refractivity contribution in [1.29, 1.82) is 0 Å². The minimum atomic E-state index is 0.322. The van der Waals surface area contributed by atoms with E-state index in [-0.39, 0.29) is 0 Å². The second kappa shape index (κ2) is 6.73. The molecule has 0 aromatic heterocycles. The molecule has 1 heterocycles. The predicted octanol–water partition coefficient (Wildman–Crippen LogP) is 7.63. The highest BCUT2D eigenvalue weighted by Crippen LogP contribution is 2.74. The van der Waals surface area contributed by atoms with Gasteiger partial charge in [-0.3, -0.25) is 0 Å². The van der Waals surface area contributed by atoms with Gasteiger partial charge in [0.15, 0.2) is 0 Å². The Labute approximate surface area is 174 Å². The van der Waals surface area contributed by atoms with Crippen molar-refractivity contribution in [3.63, 3.8) is 0 Å². The van der Waals surface area contributed by atoms with Gasteiger partial charge in [0.05, 0.1) is 6.10 Å². The summed E-state index contributed by atoms with van der Waals surface area (Å²) in [6.07, 6.45) is 18.1. The highest BCUT2D eigenvalue weighted by atomic mass is 16.6. The molecule has 4 saturated carbocycles. The third-order valence-corrected chi connectivity index (χ3v) is 11.2. The molecule has 1 aliphatic heterocycles. The summed E-state index contributed by atoms with van der Waals surface area (Å²) in [6.45, 7) is 12.8. The molecule has 5 aliphatic rings. The van der Waals surface area contributed by atoms with Crippen molar-refractivity contribution in [3.8, 4) is 0 Å². The van der Waals surface area contributed by atoms with Crippen molar-refractivity contribution in [1.82, 2.24) is 0 Å². The average molecular weight is 387 g/mol. The summed E-state index contributed by atoms with van der Waals surface area (Å²) in [7, 11) is 0. The summed E-state index contributed by atoms with van der Waals surface area (Å²) in [5.41, 5.74) is 1.45. The Morgan fingerprint density at radius 3 is 2.46 bits per heavy atom. The lowest BCUT2D eigenvalue weighted by Gasteiger charge is -2.59. The van der Waals surface area contributed by atoms with E-state index in [4.69, 9.17) is 4.74 Å². The van der Waals surface area contributed by atoms with Crippen molar-refractivity contribution in [3.05, 3.63) is 0 Å². The normalized spacial score (nSPS) is 53.1. The number of rotatable bonds is 5. The van der Waals surface area contributed by atoms with Crippen LogP contribution in [0.5, 0.6) is 0 Å². The maximum atomic E-state index is 6.60. The first-order chi connectivity index (χ1) is 13.3. The maximum Gasteiger partial charge on any atom is 0.100 e. The number of hydrogen-bond acceptors (Lipinski definition) is 1. The van der Waals surface area contributed by atoms with Crippen molar-refractivity contribution in [2.24, 2.45) is 46.3 Å². The molecule has 1 saturated heterocycles. The monoisotopic (exact) mass is 386 g/mol. The lowest BCUT2D eigenvalue weighted by atomic mass is 9.44. The van der Waals surface area contributed by atoms with Gasteiger partial charge in [-0.15, -0.1) is 0 Å². The molecular formula is C27H46O. The van der Waals surface area contributed by atoms with Gasteiger partial charge >= 0.3 is 0 Å². The van der Waals surface area contributed by atoms with Gasteiger partial charge in [-0.1, -0.05) is 66.7 Å². The van der Waals surface area contributed by atoms with Crippen LogP contribution in [0.2, 0.25) is 0 Å². The molecule has 0 N–H and O–H groups in total. The largest absolute Gasteiger partial charge is 0.365 e. The minimum Gasteiger partial charge on any atom is -0.365 e. The van der Waals surface area contributed by atoms with Crippen LogP contribution in [-0.4, -0.2) is 11.7 Å². The van der Waals surface area contributed by atoms with E-state index < -0.39 is 0 Å².